The fourth-order valence-corrected chi connectivity index (χ4v) is 3.43. The molecule has 1 aliphatic heterocycles. The van der Waals surface area contributed by atoms with E-state index in [0.717, 1.165) is 32.6 Å². The van der Waals surface area contributed by atoms with Gasteiger partial charge in [-0.25, -0.2) is 4.98 Å². The Bertz CT molecular complexity index is 1020. The van der Waals surface area contributed by atoms with E-state index in [1.54, 1.807) is 24.4 Å². The number of ether oxygens (including phenoxy) is 1. The molecule has 2 aromatic heterocycles. The van der Waals surface area contributed by atoms with E-state index < -0.39 is 0 Å². The molecule has 1 N–H and O–H groups in total. The summed E-state index contributed by atoms with van der Waals surface area (Å²) in [5.41, 5.74) is 1.19. The largest absolute Gasteiger partial charge is 0.381 e. The molecule has 28 heavy (non-hydrogen) atoms. The van der Waals surface area contributed by atoms with Crippen LogP contribution in [0.25, 0.3) is 10.9 Å². The van der Waals surface area contributed by atoms with Crippen molar-refractivity contribution < 1.29 is 9.53 Å². The maximum atomic E-state index is 12.5. The number of fused-ring (bicyclic) bond motifs is 1. The quantitative estimate of drug-likeness (QED) is 0.706. The van der Waals surface area contributed by atoms with E-state index in [1.165, 1.54) is 10.9 Å². The van der Waals surface area contributed by atoms with Crippen LogP contribution in [0.2, 0.25) is 0 Å². The van der Waals surface area contributed by atoms with Crippen LogP contribution in [0.3, 0.4) is 0 Å². The van der Waals surface area contributed by atoms with Gasteiger partial charge in [-0.15, -0.1) is 0 Å². The number of hydrogen-bond donors (Lipinski definition) is 1. The first-order chi connectivity index (χ1) is 13.7. The van der Waals surface area contributed by atoms with Gasteiger partial charge in [0, 0.05) is 38.9 Å². The SMILES string of the molecule is O=C(CCn1cnc2ccccc2c1=O)Nc1cnn(CC2CCOCC2)c1. The topological polar surface area (TPSA) is 91.0 Å². The fourth-order valence-electron chi connectivity index (χ4n) is 3.43. The van der Waals surface area contributed by atoms with Gasteiger partial charge in [0.2, 0.25) is 5.91 Å². The molecule has 1 amide bonds. The molecule has 0 aliphatic carbocycles. The van der Waals surface area contributed by atoms with E-state index in [1.807, 2.05) is 16.9 Å². The lowest BCUT2D eigenvalue weighted by molar-refractivity contribution is -0.116. The third-order valence-corrected chi connectivity index (χ3v) is 5.01. The molecule has 0 bridgehead atoms. The first-order valence-electron chi connectivity index (χ1n) is 9.53. The molecule has 0 saturated carbocycles. The third kappa shape index (κ3) is 4.28. The summed E-state index contributed by atoms with van der Waals surface area (Å²) in [5.74, 6) is 0.398. The van der Waals surface area contributed by atoms with Crippen molar-refractivity contribution in [3.63, 3.8) is 0 Å². The Balaban J connectivity index is 1.32. The Kier molecular flexibility index (Phi) is 5.48. The predicted molar refractivity (Wildman–Crippen MR) is 105 cm³/mol. The second-order valence-electron chi connectivity index (χ2n) is 7.07. The molecule has 0 spiro atoms. The smallest absolute Gasteiger partial charge is 0.261 e. The van der Waals surface area contributed by atoms with Crippen molar-refractivity contribution in [3.05, 3.63) is 53.3 Å². The third-order valence-electron chi connectivity index (χ3n) is 5.01. The molecular weight excluding hydrogens is 358 g/mol. The predicted octanol–water partition coefficient (Wildman–Crippen LogP) is 2.05. The van der Waals surface area contributed by atoms with Crippen molar-refractivity contribution in [2.24, 2.45) is 5.92 Å². The summed E-state index contributed by atoms with van der Waals surface area (Å²) >= 11 is 0. The van der Waals surface area contributed by atoms with Crippen LogP contribution in [0.5, 0.6) is 0 Å². The summed E-state index contributed by atoms with van der Waals surface area (Å²) in [6.45, 7) is 2.72. The average molecular weight is 381 g/mol. The number of aromatic nitrogens is 4. The van der Waals surface area contributed by atoms with Gasteiger partial charge in [0.1, 0.15) is 0 Å². The van der Waals surface area contributed by atoms with Gasteiger partial charge in [0.15, 0.2) is 0 Å². The van der Waals surface area contributed by atoms with Crippen LogP contribution < -0.4 is 10.9 Å². The molecule has 0 atom stereocenters. The number of amides is 1. The van der Waals surface area contributed by atoms with Crippen LogP contribution in [-0.4, -0.2) is 38.5 Å². The molecule has 8 heteroatoms. The monoisotopic (exact) mass is 381 g/mol. The second-order valence-corrected chi connectivity index (χ2v) is 7.07. The van der Waals surface area contributed by atoms with Gasteiger partial charge in [-0.2, -0.15) is 5.10 Å². The van der Waals surface area contributed by atoms with Gasteiger partial charge < -0.3 is 10.1 Å². The average Bonchev–Trinajstić information content (AvgIpc) is 3.15. The van der Waals surface area contributed by atoms with Crippen molar-refractivity contribution in [3.8, 4) is 0 Å². The van der Waals surface area contributed by atoms with Crippen LogP contribution >= 0.6 is 0 Å². The maximum Gasteiger partial charge on any atom is 0.261 e. The van der Waals surface area contributed by atoms with Crippen LogP contribution in [0.15, 0.2) is 47.8 Å². The molecule has 1 aliphatic rings. The summed E-state index contributed by atoms with van der Waals surface area (Å²) in [6, 6.07) is 7.19. The number of benzene rings is 1. The Morgan fingerprint density at radius 3 is 2.93 bits per heavy atom. The van der Waals surface area contributed by atoms with Crippen LogP contribution in [-0.2, 0) is 22.6 Å². The summed E-state index contributed by atoms with van der Waals surface area (Å²) in [4.78, 5) is 29.0. The number of anilines is 1. The summed E-state index contributed by atoms with van der Waals surface area (Å²) in [7, 11) is 0. The van der Waals surface area contributed by atoms with Crippen molar-refractivity contribution in [1.82, 2.24) is 19.3 Å². The minimum Gasteiger partial charge on any atom is -0.381 e. The number of nitrogens with one attached hydrogen (secondary N) is 1. The van der Waals surface area contributed by atoms with Gasteiger partial charge >= 0.3 is 0 Å². The number of rotatable bonds is 6. The van der Waals surface area contributed by atoms with Crippen LogP contribution in [0, 0.1) is 5.92 Å². The maximum absolute atomic E-state index is 12.5. The van der Waals surface area contributed by atoms with Crippen LogP contribution in [0.1, 0.15) is 19.3 Å². The van der Waals surface area contributed by atoms with E-state index >= 15 is 0 Å². The van der Waals surface area contributed by atoms with Crippen LogP contribution in [0.4, 0.5) is 5.69 Å². The van der Waals surface area contributed by atoms with E-state index in [-0.39, 0.29) is 24.4 Å². The molecule has 3 heterocycles. The highest BCUT2D eigenvalue weighted by Gasteiger charge is 2.15. The molecule has 0 radical (unpaired) electrons. The summed E-state index contributed by atoms with van der Waals surface area (Å²) in [6.07, 6.45) is 7.25. The molecule has 8 nitrogen and oxygen atoms in total. The lowest BCUT2D eigenvalue weighted by Crippen LogP contribution is -2.23. The summed E-state index contributed by atoms with van der Waals surface area (Å²) in [5, 5.41) is 7.72. The molecule has 4 rings (SSSR count). The number of hydrogen-bond acceptors (Lipinski definition) is 5. The minimum absolute atomic E-state index is 0.136. The molecule has 0 unspecified atom stereocenters. The standard InChI is InChI=1S/C20H23N5O3/c26-19(5-8-24-14-21-18-4-2-1-3-17(18)20(24)27)23-16-11-22-25(13-16)12-15-6-9-28-10-7-15/h1-4,11,13-15H,5-10,12H2,(H,23,26). The lowest BCUT2D eigenvalue weighted by Gasteiger charge is -2.21. The zero-order valence-electron chi connectivity index (χ0n) is 15.6. The number of aryl methyl sites for hydroxylation is 1. The lowest BCUT2D eigenvalue weighted by atomic mass is 10.0. The van der Waals surface area contributed by atoms with Gasteiger partial charge in [-0.05, 0) is 30.9 Å². The molecule has 1 aromatic carbocycles. The number of nitrogens with zero attached hydrogens (tertiary/aromatic N) is 4. The molecule has 146 valence electrons. The fraction of sp³-hybridized carbons (Fsp3) is 0.400. The normalized spacial score (nSPS) is 15.0. The highest BCUT2D eigenvalue weighted by atomic mass is 16.5. The number of para-hydroxylation sites is 1. The Morgan fingerprint density at radius 1 is 1.25 bits per heavy atom. The molecule has 1 saturated heterocycles. The zero-order chi connectivity index (χ0) is 19.3. The van der Waals surface area contributed by atoms with Crippen molar-refractivity contribution >= 4 is 22.5 Å². The van der Waals surface area contributed by atoms with Gasteiger partial charge in [0.05, 0.1) is 29.1 Å². The van der Waals surface area contributed by atoms with Gasteiger partial charge in [-0.3, -0.25) is 18.8 Å². The van der Waals surface area contributed by atoms with E-state index in [4.69, 9.17) is 4.74 Å². The first kappa shape index (κ1) is 18.4. The molecule has 1 fully saturated rings. The zero-order valence-corrected chi connectivity index (χ0v) is 15.6. The Morgan fingerprint density at radius 2 is 2.07 bits per heavy atom. The van der Waals surface area contributed by atoms with E-state index in [2.05, 4.69) is 15.4 Å². The molecule has 3 aromatic rings. The van der Waals surface area contributed by atoms with Crippen molar-refractivity contribution in [2.45, 2.75) is 32.4 Å². The second kappa shape index (κ2) is 8.35. The van der Waals surface area contributed by atoms with Gasteiger partial charge in [0.25, 0.3) is 5.56 Å². The highest BCUT2D eigenvalue weighted by molar-refractivity contribution is 5.90. The number of carbonyl (C=O) groups is 1. The molecular formula is C20H23N5O3. The van der Waals surface area contributed by atoms with E-state index in [9.17, 15) is 9.59 Å². The minimum atomic E-state index is -0.161. The van der Waals surface area contributed by atoms with E-state index in [0.29, 0.717) is 22.5 Å². The Hall–Kier alpha value is -3.00. The van der Waals surface area contributed by atoms with Crippen molar-refractivity contribution in [1.29, 1.82) is 0 Å². The van der Waals surface area contributed by atoms with Crippen molar-refractivity contribution in [2.75, 3.05) is 18.5 Å². The number of carbonyl (C=O) groups excluding carboxylic acids is 1. The summed E-state index contributed by atoms with van der Waals surface area (Å²) < 4.78 is 8.71. The Labute approximate surface area is 162 Å². The van der Waals surface area contributed by atoms with Gasteiger partial charge in [-0.1, -0.05) is 12.1 Å². The first-order valence-corrected chi connectivity index (χ1v) is 9.53. The highest BCUT2D eigenvalue weighted by Crippen LogP contribution is 2.17.